The lowest BCUT2D eigenvalue weighted by Crippen LogP contribution is -2.40. The summed E-state index contributed by atoms with van der Waals surface area (Å²) in [5.41, 5.74) is 8.20. The van der Waals surface area contributed by atoms with Gasteiger partial charge in [-0.25, -0.2) is 9.97 Å². The number of thioether (sulfide) groups is 1. The van der Waals surface area contributed by atoms with Gasteiger partial charge in [0.15, 0.2) is 5.16 Å². The number of rotatable bonds is 3. The van der Waals surface area contributed by atoms with Crippen LogP contribution in [0.3, 0.4) is 0 Å². The maximum absolute atomic E-state index is 12.7. The molecule has 136 valence electrons. The fourth-order valence-corrected chi connectivity index (χ4v) is 4.25. The Hall–Kier alpha value is -1.39. The highest BCUT2D eigenvalue weighted by molar-refractivity contribution is 14.1. The molecule has 2 aromatic heterocycles. The van der Waals surface area contributed by atoms with Crippen LogP contribution in [0.5, 0.6) is 0 Å². The number of halogens is 1. The summed E-state index contributed by atoms with van der Waals surface area (Å²) in [6.07, 6.45) is 1.93. The van der Waals surface area contributed by atoms with E-state index in [2.05, 4.69) is 37.9 Å². The number of hydrogen-bond acceptors (Lipinski definition) is 6. The van der Waals surface area contributed by atoms with Crippen molar-refractivity contribution < 1.29 is 4.79 Å². The van der Waals surface area contributed by atoms with Crippen LogP contribution >= 0.6 is 45.7 Å². The zero-order chi connectivity index (χ0) is 19.1. The zero-order valence-corrected chi connectivity index (χ0v) is 18.7. The summed E-state index contributed by atoms with van der Waals surface area (Å²) in [5, 5.41) is 4.38. The smallest absolute Gasteiger partial charge is 0.263 e. The van der Waals surface area contributed by atoms with E-state index in [1.54, 1.807) is 0 Å². The van der Waals surface area contributed by atoms with Crippen LogP contribution in [0.2, 0.25) is 0 Å². The molecule has 3 aromatic rings. The first-order valence-electron chi connectivity index (χ1n) is 7.92. The van der Waals surface area contributed by atoms with E-state index >= 15 is 0 Å². The minimum absolute atomic E-state index is 0.183. The normalized spacial score (nSPS) is 11.7. The summed E-state index contributed by atoms with van der Waals surface area (Å²) >= 11 is 5.05. The summed E-state index contributed by atoms with van der Waals surface area (Å²) in [6.45, 7) is 5.82. The monoisotopic (exact) mass is 498 g/mol. The van der Waals surface area contributed by atoms with E-state index in [-0.39, 0.29) is 11.4 Å². The maximum atomic E-state index is 12.7. The zero-order valence-electron chi connectivity index (χ0n) is 14.9. The Bertz CT molecular complexity index is 978. The van der Waals surface area contributed by atoms with Crippen molar-refractivity contribution >= 4 is 67.5 Å². The molecule has 3 rings (SSSR count). The van der Waals surface area contributed by atoms with Crippen molar-refractivity contribution in [3.05, 3.63) is 32.7 Å². The van der Waals surface area contributed by atoms with E-state index in [0.717, 1.165) is 25.0 Å². The molecule has 8 heteroatoms. The Labute approximate surface area is 174 Å². The molecule has 1 aromatic carbocycles. The highest BCUT2D eigenvalue weighted by atomic mass is 127. The van der Waals surface area contributed by atoms with Gasteiger partial charge in [-0.2, -0.15) is 0 Å². The number of fused-ring (bicyclic) bond motifs is 1. The van der Waals surface area contributed by atoms with Crippen LogP contribution in [-0.2, 0) is 0 Å². The van der Waals surface area contributed by atoms with Gasteiger partial charge >= 0.3 is 0 Å². The number of nitrogen functional groups attached to an aromatic ring is 1. The minimum atomic E-state index is -0.339. The number of amides is 1. The first kappa shape index (κ1) is 19.4. The number of anilines is 1. The third-order valence-corrected chi connectivity index (χ3v) is 5.93. The van der Waals surface area contributed by atoms with E-state index in [0.29, 0.717) is 15.7 Å². The third kappa shape index (κ3) is 3.96. The second-order valence-electron chi connectivity index (χ2n) is 6.79. The quantitative estimate of drug-likeness (QED) is 0.308. The number of benzene rings is 1. The summed E-state index contributed by atoms with van der Waals surface area (Å²) in [5.74, 6) is -0.183. The van der Waals surface area contributed by atoms with Crippen molar-refractivity contribution in [2.75, 3.05) is 12.0 Å². The molecule has 0 aliphatic heterocycles. The molecule has 0 radical (unpaired) electrons. The molecule has 5 nitrogen and oxygen atoms in total. The van der Waals surface area contributed by atoms with E-state index in [4.69, 9.17) is 5.73 Å². The highest BCUT2D eigenvalue weighted by Gasteiger charge is 2.24. The predicted molar refractivity (Wildman–Crippen MR) is 119 cm³/mol. The number of aromatic nitrogens is 2. The van der Waals surface area contributed by atoms with E-state index in [1.165, 1.54) is 23.1 Å². The Morgan fingerprint density at radius 2 is 1.88 bits per heavy atom. The van der Waals surface area contributed by atoms with Crippen LogP contribution in [0.4, 0.5) is 5.69 Å². The number of hydrogen-bond donors (Lipinski definition) is 2. The molecule has 0 fully saturated rings. The number of carbonyl (C=O) groups excluding carboxylic acids is 1. The first-order chi connectivity index (χ1) is 12.2. The Balaban J connectivity index is 2.21. The van der Waals surface area contributed by atoms with Gasteiger partial charge in [0.25, 0.3) is 5.91 Å². The molecule has 2 heterocycles. The molecule has 0 unspecified atom stereocenters. The van der Waals surface area contributed by atoms with Crippen molar-refractivity contribution in [2.45, 2.75) is 31.5 Å². The lowest BCUT2D eigenvalue weighted by molar-refractivity contribution is 0.0924. The first-order valence-corrected chi connectivity index (χ1v) is 11.0. The molecule has 0 saturated heterocycles. The molecule has 0 saturated carbocycles. The standard InChI is InChI=1S/C18H19IN4OS2/c1-18(2,3)23-15(24)14-12(20)11-13(9-5-7-10(19)8-6-9)21-17(25-4)22-16(11)26-14/h5-8H,20H2,1-4H3,(H,23,24). The molecule has 1 amide bonds. The van der Waals surface area contributed by atoms with Gasteiger partial charge in [0.1, 0.15) is 9.71 Å². The molecule has 0 spiro atoms. The second-order valence-corrected chi connectivity index (χ2v) is 9.81. The molecule has 0 aliphatic carbocycles. The van der Waals surface area contributed by atoms with Gasteiger partial charge in [0, 0.05) is 14.7 Å². The number of nitrogens with two attached hydrogens (primary N) is 1. The summed E-state index contributed by atoms with van der Waals surface area (Å²) < 4.78 is 1.14. The minimum Gasteiger partial charge on any atom is -0.397 e. The van der Waals surface area contributed by atoms with Crippen LogP contribution in [0.25, 0.3) is 21.5 Å². The maximum Gasteiger partial charge on any atom is 0.263 e. The average molecular weight is 498 g/mol. The lowest BCUT2D eigenvalue weighted by atomic mass is 10.1. The average Bonchev–Trinajstić information content (AvgIpc) is 2.90. The molecule has 0 atom stereocenters. The molecular weight excluding hydrogens is 479 g/mol. The van der Waals surface area contributed by atoms with Crippen molar-refractivity contribution in [1.29, 1.82) is 0 Å². The fraction of sp³-hybridized carbons (Fsp3) is 0.278. The number of nitrogens with one attached hydrogen (secondary N) is 1. The second kappa shape index (κ2) is 7.32. The molecular formula is C18H19IN4OS2. The van der Waals surface area contributed by atoms with Gasteiger partial charge in [-0.15, -0.1) is 11.3 Å². The van der Waals surface area contributed by atoms with Gasteiger partial charge in [0.2, 0.25) is 0 Å². The van der Waals surface area contributed by atoms with Gasteiger partial charge in [0.05, 0.1) is 16.8 Å². The predicted octanol–water partition coefficient (Wildman–Crippen LogP) is 4.80. The Kier molecular flexibility index (Phi) is 5.45. The van der Waals surface area contributed by atoms with Crippen molar-refractivity contribution in [3.63, 3.8) is 0 Å². The summed E-state index contributed by atoms with van der Waals surface area (Å²) in [7, 11) is 0. The number of nitrogens with zero attached hydrogens (tertiary/aromatic N) is 2. The van der Waals surface area contributed by atoms with E-state index in [1.807, 2.05) is 51.3 Å². The van der Waals surface area contributed by atoms with Crippen molar-refractivity contribution in [2.24, 2.45) is 0 Å². The topological polar surface area (TPSA) is 80.9 Å². The number of thiophene rings is 1. The molecule has 3 N–H and O–H groups in total. The lowest BCUT2D eigenvalue weighted by Gasteiger charge is -2.20. The Morgan fingerprint density at radius 3 is 2.46 bits per heavy atom. The van der Waals surface area contributed by atoms with E-state index in [9.17, 15) is 4.79 Å². The SMILES string of the molecule is CSc1nc(-c2ccc(I)cc2)c2c(N)c(C(=O)NC(C)(C)C)sc2n1. The van der Waals surface area contributed by atoms with Gasteiger partial charge < -0.3 is 11.1 Å². The molecule has 0 aliphatic rings. The van der Waals surface area contributed by atoms with Gasteiger partial charge in [-0.3, -0.25) is 4.79 Å². The Morgan fingerprint density at radius 1 is 1.23 bits per heavy atom. The van der Waals surface area contributed by atoms with Crippen LogP contribution in [-0.4, -0.2) is 27.7 Å². The highest BCUT2D eigenvalue weighted by Crippen LogP contribution is 2.39. The molecule has 26 heavy (non-hydrogen) atoms. The van der Waals surface area contributed by atoms with Gasteiger partial charge in [-0.05, 0) is 61.8 Å². The van der Waals surface area contributed by atoms with Crippen LogP contribution in [0, 0.1) is 3.57 Å². The van der Waals surface area contributed by atoms with Crippen LogP contribution in [0.15, 0.2) is 29.4 Å². The van der Waals surface area contributed by atoms with Crippen molar-refractivity contribution in [1.82, 2.24) is 15.3 Å². The van der Waals surface area contributed by atoms with Gasteiger partial charge in [-0.1, -0.05) is 23.9 Å². The van der Waals surface area contributed by atoms with Crippen LogP contribution in [0.1, 0.15) is 30.4 Å². The van der Waals surface area contributed by atoms with Crippen LogP contribution < -0.4 is 11.1 Å². The number of carbonyl (C=O) groups is 1. The van der Waals surface area contributed by atoms with E-state index < -0.39 is 0 Å². The summed E-state index contributed by atoms with van der Waals surface area (Å²) in [6, 6.07) is 8.08. The molecule has 0 bridgehead atoms. The fourth-order valence-electron chi connectivity index (χ4n) is 2.48. The summed E-state index contributed by atoms with van der Waals surface area (Å²) in [4.78, 5) is 23.1. The largest absolute Gasteiger partial charge is 0.397 e. The van der Waals surface area contributed by atoms with Crippen molar-refractivity contribution in [3.8, 4) is 11.3 Å². The third-order valence-electron chi connectivity index (χ3n) is 3.56.